The topological polar surface area (TPSA) is 92.8 Å². The fraction of sp³-hybridized carbons (Fsp3) is 0.0909. The summed E-state index contributed by atoms with van der Waals surface area (Å²) in [5.74, 6) is -5.57. The largest absolute Gasteiger partial charge is 0.504 e. The van der Waals surface area contributed by atoms with Crippen LogP contribution in [-0.4, -0.2) is 28.4 Å². The van der Waals surface area contributed by atoms with Crippen molar-refractivity contribution in [3.63, 3.8) is 0 Å². The lowest BCUT2D eigenvalue weighted by Crippen LogP contribution is -1.95. The predicted molar refractivity (Wildman–Crippen MR) is 57.0 cm³/mol. The summed E-state index contributed by atoms with van der Waals surface area (Å²) in [5.41, 5.74) is -0.791. The van der Waals surface area contributed by atoms with Gasteiger partial charge in [-0.3, -0.25) is 0 Å². The van der Waals surface area contributed by atoms with Crippen LogP contribution in [0.4, 0.5) is 8.78 Å². The predicted octanol–water partition coefficient (Wildman–Crippen LogP) is 2.03. The van der Waals surface area contributed by atoms with Crippen molar-refractivity contribution in [1.29, 1.82) is 0 Å². The highest BCUT2D eigenvalue weighted by Crippen LogP contribution is 2.40. The Hall–Kier alpha value is -2.64. The summed E-state index contributed by atoms with van der Waals surface area (Å²) in [4.78, 5) is 10.6. The average molecular weight is 271 g/mol. The molecular weight excluding hydrogens is 264 g/mol. The maximum atomic E-state index is 13.6. The van der Waals surface area contributed by atoms with E-state index in [2.05, 4.69) is 14.4 Å². The molecule has 0 radical (unpaired) electrons. The monoisotopic (exact) mass is 271 g/mol. The van der Waals surface area contributed by atoms with Crippen molar-refractivity contribution in [2.24, 2.45) is 0 Å². The lowest BCUT2D eigenvalue weighted by Gasteiger charge is -2.08. The minimum atomic E-state index is -1.41. The van der Waals surface area contributed by atoms with Crippen molar-refractivity contribution >= 4 is 5.97 Å². The zero-order valence-electron chi connectivity index (χ0n) is 9.48. The van der Waals surface area contributed by atoms with E-state index in [0.29, 0.717) is 6.07 Å². The number of methoxy groups -OCH3 is 1. The number of aromatic carboxylic acids is 1. The molecule has 0 amide bonds. The second-order valence-corrected chi connectivity index (χ2v) is 3.48. The summed E-state index contributed by atoms with van der Waals surface area (Å²) in [6.45, 7) is 0. The van der Waals surface area contributed by atoms with Gasteiger partial charge in [0.2, 0.25) is 5.76 Å². The first-order chi connectivity index (χ1) is 8.95. The van der Waals surface area contributed by atoms with Gasteiger partial charge in [0.25, 0.3) is 0 Å². The fourth-order valence-electron chi connectivity index (χ4n) is 1.52. The molecule has 19 heavy (non-hydrogen) atoms. The van der Waals surface area contributed by atoms with Gasteiger partial charge in [-0.2, -0.15) is 0 Å². The van der Waals surface area contributed by atoms with Crippen molar-refractivity contribution in [1.82, 2.24) is 5.16 Å². The van der Waals surface area contributed by atoms with E-state index in [-0.39, 0.29) is 5.69 Å². The number of carboxylic acid groups (broad SMARTS) is 1. The third-order valence-corrected chi connectivity index (χ3v) is 2.34. The first kappa shape index (κ1) is 12.8. The molecular formula is C11H7F2NO5. The van der Waals surface area contributed by atoms with Crippen molar-refractivity contribution in [2.45, 2.75) is 0 Å². The van der Waals surface area contributed by atoms with Gasteiger partial charge in [-0.1, -0.05) is 5.16 Å². The molecule has 0 aliphatic carbocycles. The molecule has 0 aliphatic rings. The molecule has 0 fully saturated rings. The molecule has 100 valence electrons. The van der Waals surface area contributed by atoms with Gasteiger partial charge in [-0.15, -0.1) is 0 Å². The van der Waals surface area contributed by atoms with Crippen LogP contribution in [0.1, 0.15) is 10.6 Å². The number of aromatic hydroxyl groups is 1. The van der Waals surface area contributed by atoms with Gasteiger partial charge >= 0.3 is 5.97 Å². The molecule has 0 aliphatic heterocycles. The van der Waals surface area contributed by atoms with Crippen molar-refractivity contribution in [3.05, 3.63) is 29.5 Å². The Kier molecular flexibility index (Phi) is 3.07. The van der Waals surface area contributed by atoms with Gasteiger partial charge in [0.1, 0.15) is 11.5 Å². The third-order valence-electron chi connectivity index (χ3n) is 2.34. The van der Waals surface area contributed by atoms with Crippen LogP contribution in [0.3, 0.4) is 0 Å². The highest BCUT2D eigenvalue weighted by molar-refractivity contribution is 5.86. The summed E-state index contributed by atoms with van der Waals surface area (Å²) in [6, 6.07) is 1.39. The summed E-state index contributed by atoms with van der Waals surface area (Å²) in [5, 5.41) is 21.7. The van der Waals surface area contributed by atoms with Crippen LogP contribution in [-0.2, 0) is 0 Å². The number of benzene rings is 1. The van der Waals surface area contributed by atoms with Crippen molar-refractivity contribution in [3.8, 4) is 22.8 Å². The maximum Gasteiger partial charge on any atom is 0.374 e. The Morgan fingerprint density at radius 2 is 2.05 bits per heavy atom. The molecule has 0 atom stereocenters. The average Bonchev–Trinajstić information content (AvgIpc) is 2.78. The van der Waals surface area contributed by atoms with Crippen LogP contribution in [0.5, 0.6) is 11.5 Å². The molecule has 0 bridgehead atoms. The third kappa shape index (κ3) is 2.07. The van der Waals surface area contributed by atoms with Crippen LogP contribution in [0.25, 0.3) is 11.3 Å². The van der Waals surface area contributed by atoms with E-state index in [4.69, 9.17) is 5.11 Å². The van der Waals surface area contributed by atoms with Crippen LogP contribution >= 0.6 is 0 Å². The number of halogens is 2. The van der Waals surface area contributed by atoms with Gasteiger partial charge in [-0.05, 0) is 0 Å². The van der Waals surface area contributed by atoms with Crippen LogP contribution in [0.2, 0.25) is 0 Å². The Morgan fingerprint density at radius 1 is 1.37 bits per heavy atom. The number of phenols is 1. The van der Waals surface area contributed by atoms with E-state index in [0.717, 1.165) is 13.2 Å². The lowest BCUT2D eigenvalue weighted by molar-refractivity contribution is 0.0652. The summed E-state index contributed by atoms with van der Waals surface area (Å²) in [6.07, 6.45) is 0. The quantitative estimate of drug-likeness (QED) is 0.887. The van der Waals surface area contributed by atoms with E-state index in [1.807, 2.05) is 0 Å². The zero-order chi connectivity index (χ0) is 14.2. The SMILES string of the molecule is COc1c(F)cc(F)c(-c2cc(C(=O)O)on2)c1O. The number of phenolic OH excluding ortho intramolecular Hbond substituents is 1. The molecule has 2 aromatic rings. The first-order valence-corrected chi connectivity index (χ1v) is 4.91. The Labute approximate surface area is 104 Å². The van der Waals surface area contributed by atoms with Gasteiger partial charge in [-0.25, -0.2) is 13.6 Å². The Morgan fingerprint density at radius 3 is 2.58 bits per heavy atom. The number of hydrogen-bond donors (Lipinski definition) is 2. The van der Waals surface area contributed by atoms with Gasteiger partial charge in [0.15, 0.2) is 17.3 Å². The number of carboxylic acids is 1. The molecule has 1 aromatic carbocycles. The first-order valence-electron chi connectivity index (χ1n) is 4.91. The molecule has 2 rings (SSSR count). The van der Waals surface area contributed by atoms with E-state index < -0.39 is 40.4 Å². The summed E-state index contributed by atoms with van der Waals surface area (Å²) in [7, 11) is 1.09. The van der Waals surface area contributed by atoms with E-state index in [9.17, 15) is 18.7 Å². The number of nitrogens with zero attached hydrogens (tertiary/aromatic N) is 1. The standard InChI is InChI=1S/C11H7F2NO5/c1-18-10-5(13)2-4(12)8(9(10)15)6-3-7(11(16)17)19-14-6/h2-3,15H,1H3,(H,16,17). The van der Waals surface area contributed by atoms with Crippen LogP contribution < -0.4 is 4.74 Å². The molecule has 2 N–H and O–H groups in total. The van der Waals surface area contributed by atoms with E-state index in [1.54, 1.807) is 0 Å². The number of hydrogen-bond acceptors (Lipinski definition) is 5. The highest BCUT2D eigenvalue weighted by Gasteiger charge is 2.23. The Balaban J connectivity index is 2.64. The summed E-state index contributed by atoms with van der Waals surface area (Å²) < 4.78 is 35.9. The Bertz CT molecular complexity index is 653. The maximum absolute atomic E-state index is 13.6. The van der Waals surface area contributed by atoms with Gasteiger partial charge < -0.3 is 19.5 Å². The molecule has 6 nitrogen and oxygen atoms in total. The highest BCUT2D eigenvalue weighted by atomic mass is 19.1. The molecule has 0 saturated heterocycles. The minimum Gasteiger partial charge on any atom is -0.504 e. The van der Waals surface area contributed by atoms with Crippen molar-refractivity contribution in [2.75, 3.05) is 7.11 Å². The number of ether oxygens (including phenoxy) is 1. The number of aromatic nitrogens is 1. The zero-order valence-corrected chi connectivity index (χ0v) is 9.48. The molecule has 8 heteroatoms. The second-order valence-electron chi connectivity index (χ2n) is 3.48. The summed E-state index contributed by atoms with van der Waals surface area (Å²) >= 11 is 0. The number of carbonyl (C=O) groups is 1. The van der Waals surface area contributed by atoms with Gasteiger partial charge in [0.05, 0.1) is 12.7 Å². The second kappa shape index (κ2) is 4.56. The molecule has 1 heterocycles. The normalized spacial score (nSPS) is 10.5. The molecule has 0 saturated carbocycles. The lowest BCUT2D eigenvalue weighted by atomic mass is 10.1. The van der Waals surface area contributed by atoms with Crippen LogP contribution in [0, 0.1) is 11.6 Å². The number of rotatable bonds is 3. The van der Waals surface area contributed by atoms with Gasteiger partial charge in [0, 0.05) is 12.1 Å². The van der Waals surface area contributed by atoms with Crippen LogP contribution in [0.15, 0.2) is 16.7 Å². The molecule has 0 unspecified atom stereocenters. The smallest absolute Gasteiger partial charge is 0.374 e. The van der Waals surface area contributed by atoms with E-state index >= 15 is 0 Å². The minimum absolute atomic E-state index is 0.286. The molecule has 1 aromatic heterocycles. The van der Waals surface area contributed by atoms with E-state index in [1.165, 1.54) is 0 Å². The molecule has 0 spiro atoms. The van der Waals surface area contributed by atoms with Crippen molar-refractivity contribution < 1.29 is 33.0 Å². The fourth-order valence-corrected chi connectivity index (χ4v) is 1.52.